The number of carbonyl (C=O) groups excluding carboxylic acids is 1. The zero-order valence-electron chi connectivity index (χ0n) is 16.8. The first-order chi connectivity index (χ1) is 15.5. The summed E-state index contributed by atoms with van der Waals surface area (Å²) in [6, 6.07) is 16.6. The number of benzene rings is 3. The lowest BCUT2D eigenvalue weighted by Crippen LogP contribution is -2.20. The summed E-state index contributed by atoms with van der Waals surface area (Å²) in [6.45, 7) is 0. The van der Waals surface area contributed by atoms with Gasteiger partial charge < -0.3 is 0 Å². The maximum absolute atomic E-state index is 12.7. The first kappa shape index (κ1) is 24.5. The number of sulfonamides is 1. The van der Waals surface area contributed by atoms with Gasteiger partial charge in [-0.2, -0.15) is 18.3 Å². The predicted octanol–water partition coefficient (Wildman–Crippen LogP) is 4.96. The van der Waals surface area contributed by atoms with Gasteiger partial charge in [0.25, 0.3) is 10.0 Å². The van der Waals surface area contributed by atoms with Crippen molar-refractivity contribution in [1.29, 1.82) is 0 Å². The molecule has 0 aliphatic rings. The third-order valence-corrected chi connectivity index (χ3v) is 6.22. The Kier molecular flexibility index (Phi) is 7.54. The number of nitrogens with one attached hydrogen (secondary N) is 2. The van der Waals surface area contributed by atoms with Gasteiger partial charge in [-0.05, 0) is 48.0 Å². The van der Waals surface area contributed by atoms with E-state index in [0.29, 0.717) is 17.7 Å². The minimum Gasteiger partial charge on any atom is -0.279 e. The van der Waals surface area contributed by atoms with Crippen molar-refractivity contribution in [1.82, 2.24) is 5.43 Å². The fourth-order valence-electron chi connectivity index (χ4n) is 2.77. The van der Waals surface area contributed by atoms with Gasteiger partial charge in [-0.3, -0.25) is 9.52 Å². The minimum atomic E-state index is -4.57. The van der Waals surface area contributed by atoms with Crippen molar-refractivity contribution in [2.75, 3.05) is 4.72 Å². The van der Waals surface area contributed by atoms with E-state index >= 15 is 0 Å². The van der Waals surface area contributed by atoms with Crippen LogP contribution in [0.4, 0.5) is 18.9 Å². The molecular formula is C22H17BrF3N3O3S. The van der Waals surface area contributed by atoms with E-state index in [1.807, 2.05) is 6.07 Å². The molecule has 3 rings (SSSR count). The summed E-state index contributed by atoms with van der Waals surface area (Å²) in [5.74, 6) is -0.368. The third-order valence-electron chi connectivity index (χ3n) is 4.34. The van der Waals surface area contributed by atoms with Gasteiger partial charge in [0, 0.05) is 10.0 Å². The number of nitrogens with zero attached hydrogens (tertiary/aromatic N) is 1. The molecule has 0 atom stereocenters. The van der Waals surface area contributed by atoms with Gasteiger partial charge >= 0.3 is 6.18 Å². The van der Waals surface area contributed by atoms with Gasteiger partial charge in [0.05, 0.1) is 28.8 Å². The second-order valence-corrected chi connectivity index (χ2v) is 9.41. The van der Waals surface area contributed by atoms with Crippen LogP contribution in [0.1, 0.15) is 16.7 Å². The molecule has 0 bridgehead atoms. The fourth-order valence-corrected chi connectivity index (χ4v) is 4.31. The highest BCUT2D eigenvalue weighted by Gasteiger charge is 2.30. The summed E-state index contributed by atoms with van der Waals surface area (Å²) in [5, 5.41) is 3.87. The van der Waals surface area contributed by atoms with E-state index in [2.05, 4.69) is 31.2 Å². The second-order valence-electron chi connectivity index (χ2n) is 6.81. The third kappa shape index (κ3) is 6.90. The molecule has 3 aromatic carbocycles. The number of carbonyl (C=O) groups is 1. The van der Waals surface area contributed by atoms with Crippen LogP contribution in [-0.4, -0.2) is 20.5 Å². The van der Waals surface area contributed by atoms with E-state index in [0.717, 1.165) is 22.2 Å². The lowest BCUT2D eigenvalue weighted by Gasteiger charge is -2.12. The van der Waals surface area contributed by atoms with Gasteiger partial charge in [0.15, 0.2) is 0 Å². The van der Waals surface area contributed by atoms with E-state index < -0.39 is 21.8 Å². The molecule has 0 saturated carbocycles. The Morgan fingerprint density at radius 3 is 2.36 bits per heavy atom. The molecule has 33 heavy (non-hydrogen) atoms. The quantitative estimate of drug-likeness (QED) is 0.328. The topological polar surface area (TPSA) is 87.6 Å². The lowest BCUT2D eigenvalue weighted by molar-refractivity contribution is -0.137. The number of hydrogen-bond acceptors (Lipinski definition) is 4. The van der Waals surface area contributed by atoms with Crippen LogP contribution >= 0.6 is 15.9 Å². The zero-order chi connectivity index (χ0) is 24.1. The highest BCUT2D eigenvalue weighted by Crippen LogP contribution is 2.30. The van der Waals surface area contributed by atoms with Crippen molar-refractivity contribution in [2.45, 2.75) is 17.5 Å². The molecule has 0 aromatic heterocycles. The maximum Gasteiger partial charge on any atom is 0.416 e. The molecule has 0 aliphatic carbocycles. The fraction of sp³-hybridized carbons (Fsp3) is 0.0909. The number of anilines is 1. The monoisotopic (exact) mass is 539 g/mol. The van der Waals surface area contributed by atoms with Crippen LogP contribution in [0.5, 0.6) is 0 Å². The maximum atomic E-state index is 12.7. The summed E-state index contributed by atoms with van der Waals surface area (Å²) in [4.78, 5) is 11.7. The number of hydrogen-bond donors (Lipinski definition) is 2. The lowest BCUT2D eigenvalue weighted by atomic mass is 10.1. The molecule has 0 radical (unpaired) electrons. The average molecular weight is 540 g/mol. The number of amides is 1. The molecule has 6 nitrogen and oxygen atoms in total. The molecular weight excluding hydrogens is 523 g/mol. The highest BCUT2D eigenvalue weighted by atomic mass is 79.9. The van der Waals surface area contributed by atoms with Crippen molar-refractivity contribution in [3.63, 3.8) is 0 Å². The van der Waals surface area contributed by atoms with Gasteiger partial charge in [0.2, 0.25) is 5.91 Å². The first-order valence-electron chi connectivity index (χ1n) is 9.40. The molecule has 1 amide bonds. The SMILES string of the molecule is O=C(Cc1cccc(Br)c1)NN=Cc1ccccc1NS(=O)(=O)c1ccc(C(F)(F)F)cc1. The number of halogens is 4. The van der Waals surface area contributed by atoms with E-state index in [-0.39, 0.29) is 22.9 Å². The average Bonchev–Trinajstić information content (AvgIpc) is 2.74. The molecule has 11 heteroatoms. The second kappa shape index (κ2) is 10.2. The predicted molar refractivity (Wildman–Crippen MR) is 122 cm³/mol. The molecule has 0 saturated heterocycles. The number of alkyl halides is 3. The Bertz CT molecular complexity index is 1280. The first-order valence-corrected chi connectivity index (χ1v) is 11.7. The number of para-hydroxylation sites is 1. The van der Waals surface area contributed by atoms with E-state index in [9.17, 15) is 26.4 Å². The summed E-state index contributed by atoms with van der Waals surface area (Å²) < 4.78 is 66.6. The normalized spacial score (nSPS) is 12.0. The molecule has 0 unspecified atom stereocenters. The van der Waals surface area contributed by atoms with E-state index in [1.165, 1.54) is 12.3 Å². The van der Waals surface area contributed by atoms with Gasteiger partial charge in [-0.15, -0.1) is 0 Å². The van der Waals surface area contributed by atoms with Crippen LogP contribution in [0.15, 0.2) is 87.3 Å². The van der Waals surface area contributed by atoms with Crippen LogP contribution in [0.2, 0.25) is 0 Å². The zero-order valence-corrected chi connectivity index (χ0v) is 19.2. The Hall–Kier alpha value is -3.18. The minimum absolute atomic E-state index is 0.0962. The molecule has 0 heterocycles. The number of rotatable bonds is 7. The van der Waals surface area contributed by atoms with Crippen LogP contribution < -0.4 is 10.1 Å². The van der Waals surface area contributed by atoms with E-state index in [4.69, 9.17) is 0 Å². The smallest absolute Gasteiger partial charge is 0.279 e. The van der Waals surface area contributed by atoms with Crippen LogP contribution in [0, 0.1) is 0 Å². The highest BCUT2D eigenvalue weighted by molar-refractivity contribution is 9.10. The molecule has 3 aromatic rings. The van der Waals surface area contributed by atoms with Gasteiger partial charge in [-0.1, -0.05) is 46.3 Å². The largest absolute Gasteiger partial charge is 0.416 e. The van der Waals surface area contributed by atoms with Gasteiger partial charge in [-0.25, -0.2) is 13.8 Å². The molecule has 2 N–H and O–H groups in total. The summed E-state index contributed by atoms with van der Waals surface area (Å²) >= 11 is 3.33. The van der Waals surface area contributed by atoms with Crippen LogP contribution in [0.3, 0.4) is 0 Å². The number of hydrazone groups is 1. The Balaban J connectivity index is 1.70. The Labute approximate surface area is 196 Å². The molecule has 0 aliphatic heterocycles. The van der Waals surface area contributed by atoms with Gasteiger partial charge in [0.1, 0.15) is 0 Å². The summed E-state index contributed by atoms with van der Waals surface area (Å²) in [7, 11) is -4.16. The van der Waals surface area contributed by atoms with Crippen molar-refractivity contribution < 1.29 is 26.4 Å². The van der Waals surface area contributed by atoms with Crippen molar-refractivity contribution >= 4 is 43.8 Å². The van der Waals surface area contributed by atoms with Crippen LogP contribution in [0.25, 0.3) is 0 Å². The molecule has 0 spiro atoms. The Morgan fingerprint density at radius 2 is 1.70 bits per heavy atom. The Morgan fingerprint density at radius 1 is 1.00 bits per heavy atom. The molecule has 0 fully saturated rings. The van der Waals surface area contributed by atoms with E-state index in [1.54, 1.807) is 36.4 Å². The standard InChI is InChI=1S/C22H17BrF3N3O3S/c23-18-6-3-4-15(12-18)13-21(30)28-27-14-16-5-1-2-7-20(16)29-33(31,32)19-10-8-17(9-11-19)22(24,25)26/h1-12,14,29H,13H2,(H,28,30). The van der Waals surface area contributed by atoms with Crippen molar-refractivity contribution in [3.05, 3.63) is 94.0 Å². The van der Waals surface area contributed by atoms with Crippen LogP contribution in [-0.2, 0) is 27.4 Å². The van der Waals surface area contributed by atoms with Crippen molar-refractivity contribution in [2.24, 2.45) is 5.10 Å². The molecule has 172 valence electrons. The van der Waals surface area contributed by atoms with Crippen molar-refractivity contribution in [3.8, 4) is 0 Å². The summed E-state index contributed by atoms with van der Waals surface area (Å²) in [6.07, 6.45) is -3.21. The summed E-state index contributed by atoms with van der Waals surface area (Å²) in [5.41, 5.74) is 2.69.